The number of hydrogen-bond acceptors (Lipinski definition) is 3. The van der Waals surface area contributed by atoms with Gasteiger partial charge in [0.2, 0.25) is 0 Å². The van der Waals surface area contributed by atoms with Gasteiger partial charge in [0.1, 0.15) is 5.65 Å². The second-order valence-electron chi connectivity index (χ2n) is 5.82. The van der Waals surface area contributed by atoms with Gasteiger partial charge in [-0.1, -0.05) is 6.92 Å². The van der Waals surface area contributed by atoms with E-state index in [0.717, 1.165) is 12.5 Å². The molecule has 0 atom stereocenters. The summed E-state index contributed by atoms with van der Waals surface area (Å²) in [6.07, 6.45) is 4.94. The number of pyridine rings is 2. The number of rotatable bonds is 3. The summed E-state index contributed by atoms with van der Waals surface area (Å²) in [5, 5.41) is 0. The molecule has 6 heteroatoms. The topological polar surface area (TPSA) is 47.3 Å². The van der Waals surface area contributed by atoms with E-state index in [-0.39, 0.29) is 11.1 Å². The summed E-state index contributed by atoms with van der Waals surface area (Å²) in [6.45, 7) is 4.33. The van der Waals surface area contributed by atoms with Crippen LogP contribution in [0.5, 0.6) is 0 Å². The van der Waals surface area contributed by atoms with E-state index in [2.05, 4.69) is 9.97 Å². The molecular weight excluding hydrogens is 312 g/mol. The molecule has 0 aliphatic rings. The van der Waals surface area contributed by atoms with Crippen molar-refractivity contribution in [2.45, 2.75) is 33.1 Å². The third kappa shape index (κ3) is 2.68. The van der Waals surface area contributed by atoms with Crippen molar-refractivity contribution in [2.75, 3.05) is 0 Å². The maximum absolute atomic E-state index is 13.7. The van der Waals surface area contributed by atoms with Crippen LogP contribution in [-0.4, -0.2) is 14.4 Å². The Bertz CT molecular complexity index is 960. The Morgan fingerprint density at radius 2 is 1.92 bits per heavy atom. The molecule has 0 aromatic carbocycles. The molecule has 0 unspecified atom stereocenters. The molecule has 0 saturated carbocycles. The first-order chi connectivity index (χ1) is 11.3. The van der Waals surface area contributed by atoms with E-state index in [4.69, 9.17) is 0 Å². The summed E-state index contributed by atoms with van der Waals surface area (Å²) in [7, 11) is 0. The van der Waals surface area contributed by atoms with Crippen molar-refractivity contribution >= 4 is 5.65 Å². The van der Waals surface area contributed by atoms with Gasteiger partial charge in [-0.3, -0.25) is 14.2 Å². The minimum Gasteiger partial charge on any atom is -0.269 e. The molecule has 0 N–H and O–H groups in total. The van der Waals surface area contributed by atoms with E-state index < -0.39 is 5.92 Å². The SMILES string of the molecule is CCc1cc(C(C)(F)F)cn2c(=O)c(C)c(-c3ccncc3)nc12. The van der Waals surface area contributed by atoms with Gasteiger partial charge in [-0.05, 0) is 37.1 Å². The molecule has 0 bridgehead atoms. The van der Waals surface area contributed by atoms with Gasteiger partial charge in [-0.25, -0.2) is 13.8 Å². The van der Waals surface area contributed by atoms with E-state index in [0.29, 0.717) is 28.9 Å². The largest absolute Gasteiger partial charge is 0.271 e. The van der Waals surface area contributed by atoms with Crippen LogP contribution in [0.25, 0.3) is 16.9 Å². The molecule has 3 rings (SSSR count). The molecule has 0 spiro atoms. The Labute approximate surface area is 137 Å². The minimum atomic E-state index is -3.02. The van der Waals surface area contributed by atoms with E-state index >= 15 is 0 Å². The van der Waals surface area contributed by atoms with E-state index in [9.17, 15) is 13.6 Å². The molecule has 0 fully saturated rings. The Kier molecular flexibility index (Phi) is 3.91. The summed E-state index contributed by atoms with van der Waals surface area (Å²) < 4.78 is 28.7. The second kappa shape index (κ2) is 5.78. The maximum Gasteiger partial charge on any atom is 0.271 e. The number of aryl methyl sites for hydroxylation is 1. The van der Waals surface area contributed by atoms with Crippen molar-refractivity contribution < 1.29 is 8.78 Å². The van der Waals surface area contributed by atoms with Crippen LogP contribution < -0.4 is 5.56 Å². The smallest absolute Gasteiger partial charge is 0.269 e. The van der Waals surface area contributed by atoms with Crippen LogP contribution >= 0.6 is 0 Å². The fraction of sp³-hybridized carbons (Fsp3) is 0.278. The molecule has 124 valence electrons. The fourth-order valence-electron chi connectivity index (χ4n) is 2.69. The molecule has 3 aromatic heterocycles. The lowest BCUT2D eigenvalue weighted by Crippen LogP contribution is -2.22. The Balaban J connectivity index is 2.39. The van der Waals surface area contributed by atoms with Gasteiger partial charge in [0.15, 0.2) is 0 Å². The van der Waals surface area contributed by atoms with Crippen LogP contribution in [0.2, 0.25) is 0 Å². The third-order valence-corrected chi connectivity index (χ3v) is 4.07. The highest BCUT2D eigenvalue weighted by Crippen LogP contribution is 2.29. The van der Waals surface area contributed by atoms with Crippen molar-refractivity contribution in [3.63, 3.8) is 0 Å². The lowest BCUT2D eigenvalue weighted by molar-refractivity contribution is 0.0169. The predicted octanol–water partition coefficient (Wildman–Crippen LogP) is 3.74. The summed E-state index contributed by atoms with van der Waals surface area (Å²) in [6, 6.07) is 4.96. The Morgan fingerprint density at radius 1 is 1.25 bits per heavy atom. The van der Waals surface area contributed by atoms with Crippen molar-refractivity contribution in [1.29, 1.82) is 0 Å². The minimum absolute atomic E-state index is 0.188. The van der Waals surface area contributed by atoms with Crippen LogP contribution in [-0.2, 0) is 12.3 Å². The van der Waals surface area contributed by atoms with Crippen LogP contribution in [0.15, 0.2) is 41.6 Å². The lowest BCUT2D eigenvalue weighted by Gasteiger charge is -2.16. The second-order valence-corrected chi connectivity index (χ2v) is 5.82. The molecule has 24 heavy (non-hydrogen) atoms. The Morgan fingerprint density at radius 3 is 2.50 bits per heavy atom. The van der Waals surface area contributed by atoms with Crippen molar-refractivity contribution in [3.05, 3.63) is 63.8 Å². The lowest BCUT2D eigenvalue weighted by atomic mass is 10.1. The van der Waals surface area contributed by atoms with Gasteiger partial charge in [0, 0.05) is 42.2 Å². The number of aromatic nitrogens is 3. The summed E-state index contributed by atoms with van der Waals surface area (Å²) in [4.78, 5) is 21.3. The van der Waals surface area contributed by atoms with Crippen molar-refractivity contribution in [2.24, 2.45) is 0 Å². The Hall–Kier alpha value is -2.63. The quantitative estimate of drug-likeness (QED) is 0.735. The number of hydrogen-bond donors (Lipinski definition) is 0. The zero-order valence-corrected chi connectivity index (χ0v) is 13.7. The molecular formula is C18H17F2N3O. The first-order valence-electron chi connectivity index (χ1n) is 7.67. The summed E-state index contributed by atoms with van der Waals surface area (Å²) in [5.74, 6) is -3.02. The van der Waals surface area contributed by atoms with Crippen molar-refractivity contribution in [3.8, 4) is 11.3 Å². The van der Waals surface area contributed by atoms with Crippen LogP contribution in [0.4, 0.5) is 8.78 Å². The van der Waals surface area contributed by atoms with Gasteiger partial charge in [-0.2, -0.15) is 0 Å². The normalized spacial score (nSPS) is 11.9. The average molecular weight is 329 g/mol. The van der Waals surface area contributed by atoms with Crippen LogP contribution in [0.3, 0.4) is 0 Å². The highest BCUT2D eigenvalue weighted by atomic mass is 19.3. The number of fused-ring (bicyclic) bond motifs is 1. The first kappa shape index (κ1) is 16.2. The first-order valence-corrected chi connectivity index (χ1v) is 7.67. The maximum atomic E-state index is 13.7. The number of nitrogens with zero attached hydrogens (tertiary/aromatic N) is 3. The zero-order chi connectivity index (χ0) is 17.5. The zero-order valence-electron chi connectivity index (χ0n) is 13.7. The van der Waals surface area contributed by atoms with Crippen molar-refractivity contribution in [1.82, 2.24) is 14.4 Å². The summed E-state index contributed by atoms with van der Waals surface area (Å²) >= 11 is 0. The molecule has 3 heterocycles. The number of halogens is 2. The molecule has 0 amide bonds. The predicted molar refractivity (Wildman–Crippen MR) is 88.4 cm³/mol. The van der Waals surface area contributed by atoms with E-state index in [1.807, 2.05) is 6.92 Å². The third-order valence-electron chi connectivity index (χ3n) is 4.07. The molecule has 3 aromatic rings. The molecule has 4 nitrogen and oxygen atoms in total. The van der Waals surface area contributed by atoms with Gasteiger partial charge >= 0.3 is 0 Å². The molecule has 0 radical (unpaired) electrons. The van der Waals surface area contributed by atoms with Gasteiger partial charge in [-0.15, -0.1) is 0 Å². The summed E-state index contributed by atoms with van der Waals surface area (Å²) in [5.41, 5.74) is 2.23. The van der Waals surface area contributed by atoms with Crippen LogP contribution in [0.1, 0.15) is 30.5 Å². The standard InChI is InChI=1S/C18H17F2N3O/c1-4-12-9-14(18(3,19)20)10-23-16(12)22-15(11(2)17(23)24)13-5-7-21-8-6-13/h5-10H,4H2,1-3H3. The van der Waals surface area contributed by atoms with Crippen LogP contribution in [0, 0.1) is 6.92 Å². The van der Waals surface area contributed by atoms with Gasteiger partial charge in [0.05, 0.1) is 5.69 Å². The fourth-order valence-corrected chi connectivity index (χ4v) is 2.69. The molecule has 0 saturated heterocycles. The van der Waals surface area contributed by atoms with Gasteiger partial charge in [0.25, 0.3) is 11.5 Å². The molecule has 0 aliphatic carbocycles. The van der Waals surface area contributed by atoms with E-state index in [1.54, 1.807) is 31.5 Å². The van der Waals surface area contributed by atoms with E-state index in [1.165, 1.54) is 16.7 Å². The molecule has 0 aliphatic heterocycles. The number of alkyl halides is 2. The van der Waals surface area contributed by atoms with Gasteiger partial charge < -0.3 is 0 Å². The highest BCUT2D eigenvalue weighted by Gasteiger charge is 2.26. The average Bonchev–Trinajstić information content (AvgIpc) is 2.57. The highest BCUT2D eigenvalue weighted by molar-refractivity contribution is 5.66. The monoisotopic (exact) mass is 329 g/mol.